The zero-order valence-electron chi connectivity index (χ0n) is 47.2. The van der Waals surface area contributed by atoms with Gasteiger partial charge in [-0.05, 0) is 145 Å². The Labute approximate surface area is 505 Å². The van der Waals surface area contributed by atoms with E-state index in [0.29, 0.717) is 11.4 Å². The van der Waals surface area contributed by atoms with Crippen molar-refractivity contribution >= 4 is 101 Å². The van der Waals surface area contributed by atoms with Crippen LogP contribution < -0.4 is 26.2 Å². The minimum Gasteiger partial charge on any atom is -0.311 e. The van der Waals surface area contributed by atoms with Gasteiger partial charge in [0, 0.05) is 66.9 Å². The molecule has 2 aromatic heterocycles. The maximum atomic E-state index is 16.6. The Balaban J connectivity index is 0.929. The van der Waals surface area contributed by atoms with Crippen LogP contribution in [0.4, 0.5) is 47.3 Å². The Morgan fingerprint density at radius 2 is 0.795 bits per heavy atom. The van der Waals surface area contributed by atoms with Crippen molar-refractivity contribution in [3.8, 4) is 44.8 Å². The second-order valence-corrected chi connectivity index (χ2v) is 23.8. The summed E-state index contributed by atoms with van der Waals surface area (Å²) in [6, 6.07) is 101. The van der Waals surface area contributed by atoms with Crippen LogP contribution in [0.2, 0.25) is 0 Å². The number of aromatic nitrogens is 2. The summed E-state index contributed by atoms with van der Waals surface area (Å²) in [7, 11) is 0. The molecule has 15 aromatic rings. The van der Waals surface area contributed by atoms with E-state index >= 15 is 13.2 Å². The van der Waals surface area contributed by atoms with Crippen LogP contribution in [0.3, 0.4) is 0 Å². The molecule has 2 aliphatic carbocycles. The largest absolute Gasteiger partial charge is 0.416 e. The zero-order valence-corrected chi connectivity index (χ0v) is 47.2. The first-order chi connectivity index (χ1) is 43.3. The van der Waals surface area contributed by atoms with Crippen molar-refractivity contribution < 1.29 is 13.2 Å². The summed E-state index contributed by atoms with van der Waals surface area (Å²) in [6.45, 7) is -0.509. The van der Waals surface area contributed by atoms with E-state index in [4.69, 9.17) is 0 Å². The minimum atomic E-state index is -4.74. The zero-order chi connectivity index (χ0) is 58.1. The van der Waals surface area contributed by atoms with E-state index in [9.17, 15) is 0 Å². The molecule has 0 fully saturated rings. The number of nitrogens with zero attached hydrogens (tertiary/aromatic N) is 4. The molecule has 2 aliphatic heterocycles. The summed E-state index contributed by atoms with van der Waals surface area (Å²) in [5.74, 6) is 0. The van der Waals surface area contributed by atoms with Crippen molar-refractivity contribution in [2.45, 2.75) is 11.6 Å². The summed E-state index contributed by atoms with van der Waals surface area (Å²) < 4.78 is 54.5. The van der Waals surface area contributed by atoms with E-state index in [1.807, 2.05) is 12.1 Å². The van der Waals surface area contributed by atoms with Gasteiger partial charge in [0.1, 0.15) is 0 Å². The molecule has 0 saturated heterocycles. The lowest BCUT2D eigenvalue weighted by Gasteiger charge is -2.45. The maximum Gasteiger partial charge on any atom is 0.416 e. The lowest BCUT2D eigenvalue weighted by Crippen LogP contribution is -2.61. The first kappa shape index (κ1) is 49.2. The molecule has 0 unspecified atom stereocenters. The molecule has 4 aliphatic rings. The smallest absolute Gasteiger partial charge is 0.311 e. The molecule has 88 heavy (non-hydrogen) atoms. The van der Waals surface area contributed by atoms with Crippen LogP contribution in [0, 0.1) is 0 Å². The number of anilines is 6. The lowest BCUT2D eigenvalue weighted by molar-refractivity contribution is -0.137. The van der Waals surface area contributed by atoms with Crippen LogP contribution in [0.25, 0.3) is 88.4 Å². The molecule has 0 amide bonds. The van der Waals surface area contributed by atoms with Crippen molar-refractivity contribution in [2.75, 3.05) is 9.80 Å². The van der Waals surface area contributed by atoms with Crippen LogP contribution in [-0.2, 0) is 11.6 Å². The molecule has 1 spiro atoms. The summed E-state index contributed by atoms with van der Waals surface area (Å²) in [5, 5.41) is 4.48. The topological polar surface area (TPSA) is 16.3 Å². The van der Waals surface area contributed by atoms with Crippen molar-refractivity contribution in [3.63, 3.8) is 0 Å². The van der Waals surface area contributed by atoms with Gasteiger partial charge in [0.2, 0.25) is 0 Å². The van der Waals surface area contributed by atoms with Gasteiger partial charge in [-0.2, -0.15) is 13.2 Å². The molecule has 0 saturated carbocycles. The second kappa shape index (κ2) is 18.0. The molecule has 412 valence electrons. The van der Waals surface area contributed by atoms with Crippen molar-refractivity contribution in [1.29, 1.82) is 0 Å². The highest BCUT2D eigenvalue weighted by Gasteiger charge is 2.53. The number of hydrogen-bond acceptors (Lipinski definition) is 2. The Bertz CT molecular complexity index is 5350. The number of para-hydroxylation sites is 4. The highest BCUT2D eigenvalue weighted by Crippen LogP contribution is 2.65. The molecule has 0 N–H and O–H groups in total. The summed E-state index contributed by atoms with van der Waals surface area (Å²) in [6.07, 6.45) is -4.74. The number of fused-ring (bicyclic) bond motifs is 20. The number of hydrogen-bond donors (Lipinski definition) is 0. The fourth-order valence-electron chi connectivity index (χ4n) is 16.1. The third-order valence-corrected chi connectivity index (χ3v) is 19.5. The fourth-order valence-corrected chi connectivity index (χ4v) is 16.1. The van der Waals surface area contributed by atoms with Gasteiger partial charge in [0.15, 0.2) is 0 Å². The summed E-state index contributed by atoms with van der Waals surface area (Å²) in [4.78, 5) is 4.31. The Morgan fingerprint density at radius 3 is 1.40 bits per heavy atom. The molecule has 4 heterocycles. The second-order valence-electron chi connectivity index (χ2n) is 23.8. The Kier molecular flexibility index (Phi) is 10.1. The van der Waals surface area contributed by atoms with Gasteiger partial charge in [-0.25, -0.2) is 0 Å². The van der Waals surface area contributed by atoms with Gasteiger partial charge in [-0.15, -0.1) is 0 Å². The first-order valence-electron chi connectivity index (χ1n) is 30.0. The van der Waals surface area contributed by atoms with Gasteiger partial charge >= 0.3 is 6.18 Å². The minimum absolute atomic E-state index is 0.463. The van der Waals surface area contributed by atoms with E-state index in [1.54, 1.807) is 0 Å². The van der Waals surface area contributed by atoms with Gasteiger partial charge < -0.3 is 18.9 Å². The van der Waals surface area contributed by atoms with Gasteiger partial charge in [-0.3, -0.25) is 0 Å². The number of halogens is 3. The molecule has 4 nitrogen and oxygen atoms in total. The maximum absolute atomic E-state index is 16.6. The average molecular weight is 1130 g/mol. The standard InChI is InChI=1S/C80H48BF3N4/c82-80(83,84)51-45-75-78-76(46-51)88(73-39-19-34-65-77(73)61-30-6-13-33-64(61)79(65)62-31-11-4-24-55(62)56-25-5-12-32-63(56)79)72-43-40-50(49-20-2-1-3-21-49)44-67(72)81(78)66-42-41-54(86-70-37-16-9-28-59(70)60-29-10-17-38-71(60)86)48-74(66)87(75)53-23-18-22-52(47-53)85-68-35-14-7-26-57(68)58-27-8-15-36-69(58)85/h1-48H. The van der Waals surface area contributed by atoms with E-state index in [0.717, 1.165) is 128 Å². The third kappa shape index (κ3) is 6.55. The number of benzene rings is 13. The highest BCUT2D eigenvalue weighted by molar-refractivity contribution is 7.00. The summed E-state index contributed by atoms with van der Waals surface area (Å²) >= 11 is 0. The molecule has 19 rings (SSSR count). The van der Waals surface area contributed by atoms with E-state index < -0.39 is 23.9 Å². The molecule has 0 bridgehead atoms. The van der Waals surface area contributed by atoms with Crippen LogP contribution in [0.15, 0.2) is 291 Å². The van der Waals surface area contributed by atoms with Crippen LogP contribution >= 0.6 is 0 Å². The van der Waals surface area contributed by atoms with E-state index in [-0.39, 0.29) is 0 Å². The molecule has 8 heteroatoms. The van der Waals surface area contributed by atoms with E-state index in [1.165, 1.54) is 34.4 Å². The fraction of sp³-hybridized carbons (Fsp3) is 0.0250. The molecular formula is C80H48BF3N4. The van der Waals surface area contributed by atoms with Crippen molar-refractivity contribution in [2.24, 2.45) is 0 Å². The molecule has 13 aromatic carbocycles. The predicted molar refractivity (Wildman–Crippen MR) is 356 cm³/mol. The molecule has 0 atom stereocenters. The Hall–Kier alpha value is -11.1. The molecule has 0 radical (unpaired) electrons. The van der Waals surface area contributed by atoms with Crippen molar-refractivity contribution in [1.82, 2.24) is 9.13 Å². The van der Waals surface area contributed by atoms with E-state index in [2.05, 4.69) is 286 Å². The van der Waals surface area contributed by atoms with Gasteiger partial charge in [0.25, 0.3) is 6.71 Å². The quantitative estimate of drug-likeness (QED) is 0.160. The third-order valence-electron chi connectivity index (χ3n) is 19.5. The van der Waals surface area contributed by atoms with Gasteiger partial charge in [-0.1, -0.05) is 212 Å². The van der Waals surface area contributed by atoms with Crippen molar-refractivity contribution in [3.05, 3.63) is 319 Å². The molecular weight excluding hydrogens is 1080 g/mol. The number of rotatable bonds is 5. The highest BCUT2D eigenvalue weighted by atomic mass is 19.4. The normalized spacial score (nSPS) is 13.9. The van der Waals surface area contributed by atoms with Gasteiger partial charge in [0.05, 0.1) is 38.7 Å². The summed E-state index contributed by atoms with van der Waals surface area (Å²) in [5.41, 5.74) is 22.5. The SMILES string of the molecule is FC(F)(F)c1cc2c3c(c1)N(c1cccc4c1-c1ccccc1C41c4ccccc4-c4ccccc41)c1ccc(-c4ccccc4)cc1B3c1ccc(-n3c4ccccc4c4ccccc43)cc1N2c1cccc(-n2c3ccccc3c3ccccc32)c1. The van der Waals surface area contributed by atoms with Crippen LogP contribution in [0.1, 0.15) is 27.8 Å². The number of alkyl halides is 3. The predicted octanol–water partition coefficient (Wildman–Crippen LogP) is 19.0. The first-order valence-corrected chi connectivity index (χ1v) is 30.0. The van der Waals surface area contributed by atoms with Crippen LogP contribution in [-0.4, -0.2) is 15.8 Å². The average Bonchev–Trinajstić information content (AvgIpc) is 1.37. The monoisotopic (exact) mass is 1130 g/mol. The lowest BCUT2D eigenvalue weighted by atomic mass is 9.33. The Morgan fingerprint density at radius 1 is 0.307 bits per heavy atom. The van der Waals surface area contributed by atoms with Crippen LogP contribution in [0.5, 0.6) is 0 Å².